The number of hydrogen-bond donors (Lipinski definition) is 0. The van der Waals surface area contributed by atoms with Gasteiger partial charge in [-0.25, -0.2) is 0 Å². The second kappa shape index (κ2) is 5.81. The molecular weight excluding hydrogens is 316 g/mol. The number of pyridine rings is 2. The van der Waals surface area contributed by atoms with Gasteiger partial charge in [0.1, 0.15) is 0 Å². The molecule has 126 valence electrons. The van der Waals surface area contributed by atoms with Crippen molar-refractivity contribution < 1.29 is 0 Å². The Labute approximate surface area is 144 Å². The third-order valence-electron chi connectivity index (χ3n) is 4.73. The van der Waals surface area contributed by atoms with Crippen LogP contribution in [0.2, 0.25) is 0 Å². The Kier molecular flexibility index (Phi) is 3.60. The maximum atomic E-state index is 12.3. The van der Waals surface area contributed by atoms with Crippen LogP contribution in [-0.4, -0.2) is 19.1 Å². The predicted molar refractivity (Wildman–Crippen MR) is 94.4 cm³/mol. The maximum Gasteiger partial charge on any atom is 0.316 e. The molecule has 0 aliphatic heterocycles. The highest BCUT2D eigenvalue weighted by Gasteiger charge is 2.40. The molecular formula is C19H18N4O2. The molecule has 1 aliphatic carbocycles. The molecule has 3 heterocycles. The fourth-order valence-corrected chi connectivity index (χ4v) is 2.86. The smallest absolute Gasteiger partial charge is 0.304 e. The Morgan fingerprint density at radius 1 is 1.04 bits per heavy atom. The molecule has 1 saturated carbocycles. The molecule has 6 nitrogen and oxygen atoms in total. The zero-order valence-corrected chi connectivity index (χ0v) is 13.9. The number of rotatable bonds is 4. The summed E-state index contributed by atoms with van der Waals surface area (Å²) in [5.41, 5.74) is 1.32. The molecule has 1 fully saturated rings. The monoisotopic (exact) mass is 334 g/mol. The van der Waals surface area contributed by atoms with Gasteiger partial charge in [-0.05, 0) is 44.0 Å². The fourth-order valence-electron chi connectivity index (χ4n) is 2.86. The van der Waals surface area contributed by atoms with Crippen molar-refractivity contribution in [1.82, 2.24) is 19.1 Å². The van der Waals surface area contributed by atoms with E-state index < -0.39 is 11.1 Å². The summed E-state index contributed by atoms with van der Waals surface area (Å²) in [7, 11) is 0. The van der Waals surface area contributed by atoms with Crippen LogP contribution >= 0.6 is 0 Å². The fraction of sp³-hybridized carbons (Fsp3) is 0.263. The largest absolute Gasteiger partial charge is 0.316 e. The van der Waals surface area contributed by atoms with Crippen molar-refractivity contribution in [2.75, 3.05) is 0 Å². The maximum absolute atomic E-state index is 12.3. The Morgan fingerprint density at radius 2 is 1.88 bits per heavy atom. The van der Waals surface area contributed by atoms with Crippen molar-refractivity contribution in [3.05, 3.63) is 81.5 Å². The summed E-state index contributed by atoms with van der Waals surface area (Å²) < 4.78 is 2.97. The van der Waals surface area contributed by atoms with Crippen LogP contribution in [0.1, 0.15) is 25.5 Å². The van der Waals surface area contributed by atoms with E-state index in [1.165, 1.54) is 4.57 Å². The summed E-state index contributed by atoms with van der Waals surface area (Å²) in [4.78, 5) is 33.3. The quantitative estimate of drug-likeness (QED) is 0.685. The van der Waals surface area contributed by atoms with Crippen LogP contribution in [0.15, 0.2) is 64.7 Å². The van der Waals surface area contributed by atoms with Crippen LogP contribution in [0.4, 0.5) is 0 Å². The zero-order valence-electron chi connectivity index (χ0n) is 13.9. The van der Waals surface area contributed by atoms with E-state index in [-0.39, 0.29) is 12.1 Å². The molecule has 0 saturated heterocycles. The molecule has 4 rings (SSSR count). The van der Waals surface area contributed by atoms with Gasteiger partial charge in [-0.3, -0.25) is 19.6 Å². The van der Waals surface area contributed by atoms with Crippen LogP contribution in [0.25, 0.3) is 11.3 Å². The molecule has 3 aromatic rings. The van der Waals surface area contributed by atoms with E-state index in [9.17, 15) is 9.59 Å². The van der Waals surface area contributed by atoms with E-state index in [0.717, 1.165) is 29.8 Å². The predicted octanol–water partition coefficient (Wildman–Crippen LogP) is 2.02. The summed E-state index contributed by atoms with van der Waals surface area (Å²) >= 11 is 0. The van der Waals surface area contributed by atoms with Crippen LogP contribution in [0.5, 0.6) is 0 Å². The molecule has 1 aliphatic rings. The van der Waals surface area contributed by atoms with Crippen LogP contribution < -0.4 is 11.1 Å². The van der Waals surface area contributed by atoms with Gasteiger partial charge in [0.15, 0.2) is 0 Å². The molecule has 0 spiro atoms. The minimum Gasteiger partial charge on any atom is -0.304 e. The minimum absolute atomic E-state index is 0.183. The Morgan fingerprint density at radius 3 is 2.52 bits per heavy atom. The Balaban J connectivity index is 1.60. The first-order valence-corrected chi connectivity index (χ1v) is 8.26. The molecule has 6 heteroatoms. The highest BCUT2D eigenvalue weighted by molar-refractivity contribution is 5.57. The van der Waals surface area contributed by atoms with E-state index in [1.54, 1.807) is 29.4 Å². The average molecular weight is 334 g/mol. The summed E-state index contributed by atoms with van der Waals surface area (Å²) in [6, 6.07) is 9.47. The summed E-state index contributed by atoms with van der Waals surface area (Å²) in [5, 5.41) is 0. The second-order valence-corrected chi connectivity index (χ2v) is 6.66. The zero-order chi connectivity index (χ0) is 17.4. The van der Waals surface area contributed by atoms with Gasteiger partial charge in [-0.2, -0.15) is 0 Å². The van der Waals surface area contributed by atoms with Gasteiger partial charge in [0.2, 0.25) is 0 Å². The van der Waals surface area contributed by atoms with E-state index in [1.807, 2.05) is 37.3 Å². The highest BCUT2D eigenvalue weighted by Crippen LogP contribution is 2.41. The molecule has 0 unspecified atom stereocenters. The van der Waals surface area contributed by atoms with Crippen molar-refractivity contribution in [3.8, 4) is 11.3 Å². The SMILES string of the molecule is CC1(n2ccn(Cc3ccc(-c4ccccn4)cn3)c(=O)c2=O)CC1. The van der Waals surface area contributed by atoms with Gasteiger partial charge in [0.25, 0.3) is 0 Å². The first kappa shape index (κ1) is 15.5. The number of nitrogens with zero attached hydrogens (tertiary/aromatic N) is 4. The summed E-state index contributed by atoms with van der Waals surface area (Å²) in [6.45, 7) is 2.27. The molecule has 25 heavy (non-hydrogen) atoms. The summed E-state index contributed by atoms with van der Waals surface area (Å²) in [6.07, 6.45) is 8.72. The van der Waals surface area contributed by atoms with Crippen molar-refractivity contribution >= 4 is 0 Å². The highest BCUT2D eigenvalue weighted by atomic mass is 16.2. The van der Waals surface area contributed by atoms with E-state index >= 15 is 0 Å². The number of hydrogen-bond acceptors (Lipinski definition) is 4. The number of aromatic nitrogens is 4. The minimum atomic E-state index is -0.508. The molecule has 0 atom stereocenters. The lowest BCUT2D eigenvalue weighted by molar-refractivity contribution is 0.495. The lowest BCUT2D eigenvalue weighted by Gasteiger charge is -2.14. The Hall–Kier alpha value is -3.02. The first-order chi connectivity index (χ1) is 12.1. The molecule has 3 aromatic heterocycles. The van der Waals surface area contributed by atoms with Gasteiger partial charge in [-0.15, -0.1) is 0 Å². The Bertz CT molecular complexity index is 1020. The van der Waals surface area contributed by atoms with Crippen molar-refractivity contribution in [3.63, 3.8) is 0 Å². The molecule has 0 aromatic carbocycles. The topological polar surface area (TPSA) is 69.8 Å². The van der Waals surface area contributed by atoms with Gasteiger partial charge in [0.05, 0.1) is 17.9 Å². The van der Waals surface area contributed by atoms with Crippen molar-refractivity contribution in [2.24, 2.45) is 0 Å². The van der Waals surface area contributed by atoms with E-state index in [4.69, 9.17) is 0 Å². The standard InChI is InChI=1S/C19H18N4O2/c1-19(7-8-19)23-11-10-22(17(24)18(23)25)13-15-6-5-14(12-21-15)16-4-2-3-9-20-16/h2-6,9-12H,7-8,13H2,1H3. The second-order valence-electron chi connectivity index (χ2n) is 6.66. The third-order valence-corrected chi connectivity index (χ3v) is 4.73. The van der Waals surface area contributed by atoms with Crippen LogP contribution in [0, 0.1) is 0 Å². The van der Waals surface area contributed by atoms with Crippen LogP contribution in [-0.2, 0) is 12.1 Å². The lowest BCUT2D eigenvalue weighted by Crippen LogP contribution is -2.43. The van der Waals surface area contributed by atoms with E-state index in [0.29, 0.717) is 0 Å². The molecule has 0 amide bonds. The first-order valence-electron chi connectivity index (χ1n) is 8.26. The molecule has 0 bridgehead atoms. The van der Waals surface area contributed by atoms with Gasteiger partial charge in [0, 0.05) is 35.9 Å². The third kappa shape index (κ3) is 2.91. The molecule has 0 N–H and O–H groups in total. The van der Waals surface area contributed by atoms with Crippen molar-refractivity contribution in [2.45, 2.75) is 31.8 Å². The summed E-state index contributed by atoms with van der Waals surface area (Å²) in [5.74, 6) is 0. The molecule has 0 radical (unpaired) electrons. The van der Waals surface area contributed by atoms with Gasteiger partial charge < -0.3 is 9.13 Å². The average Bonchev–Trinajstić information content (AvgIpc) is 3.39. The van der Waals surface area contributed by atoms with Crippen LogP contribution in [0.3, 0.4) is 0 Å². The normalized spacial score (nSPS) is 15.1. The van der Waals surface area contributed by atoms with Crippen molar-refractivity contribution in [1.29, 1.82) is 0 Å². The van der Waals surface area contributed by atoms with E-state index in [2.05, 4.69) is 9.97 Å². The van der Waals surface area contributed by atoms with Gasteiger partial charge in [-0.1, -0.05) is 6.07 Å². The van der Waals surface area contributed by atoms with Gasteiger partial charge >= 0.3 is 11.1 Å². The lowest BCUT2D eigenvalue weighted by atomic mass is 10.2.